The molecule has 1 aromatic carbocycles. The number of hydrogen-bond donors (Lipinski definition) is 2. The number of aryl methyl sites for hydroxylation is 1. The van der Waals surface area contributed by atoms with Gasteiger partial charge in [0.15, 0.2) is 0 Å². The van der Waals surface area contributed by atoms with E-state index in [1.54, 1.807) is 29.2 Å². The molecule has 3 rings (SSSR count). The van der Waals surface area contributed by atoms with Gasteiger partial charge in [-0.15, -0.1) is 0 Å². The summed E-state index contributed by atoms with van der Waals surface area (Å²) in [4.78, 5) is 36.9. The molecule has 156 valence electrons. The van der Waals surface area contributed by atoms with Crippen LogP contribution in [-0.4, -0.2) is 39.4 Å². The highest BCUT2D eigenvalue weighted by atomic mass is 19.4. The molecule has 0 amide bonds. The van der Waals surface area contributed by atoms with Gasteiger partial charge >= 0.3 is 17.8 Å². The second-order valence-electron chi connectivity index (χ2n) is 6.60. The molecule has 1 aromatic heterocycles. The lowest BCUT2D eigenvalue weighted by atomic mass is 10.1. The molecule has 0 saturated carbocycles. The summed E-state index contributed by atoms with van der Waals surface area (Å²) in [7, 11) is 0. The molecule has 2 aromatic rings. The van der Waals surface area contributed by atoms with E-state index in [0.29, 0.717) is 10.8 Å². The number of carbonyl (C=O) groups excluding carboxylic acids is 1. The molecule has 0 spiro atoms. The van der Waals surface area contributed by atoms with E-state index in [1.165, 1.54) is 0 Å². The van der Waals surface area contributed by atoms with Gasteiger partial charge in [0, 0.05) is 12.6 Å². The summed E-state index contributed by atoms with van der Waals surface area (Å²) in [5, 5.41) is 10.1. The molecule has 2 N–H and O–H groups in total. The Hall–Kier alpha value is -2.92. The van der Waals surface area contributed by atoms with E-state index in [1.807, 2.05) is 6.92 Å². The van der Waals surface area contributed by atoms with Crippen LogP contribution in [-0.2, 0) is 15.7 Å². The van der Waals surface area contributed by atoms with Crippen molar-refractivity contribution in [3.05, 3.63) is 68.0 Å². The van der Waals surface area contributed by atoms with Crippen LogP contribution < -0.4 is 11.2 Å². The third-order valence-electron chi connectivity index (χ3n) is 4.45. The third kappa shape index (κ3) is 4.57. The summed E-state index contributed by atoms with van der Waals surface area (Å²) >= 11 is 0. The molecule has 8 nitrogen and oxygen atoms in total. The van der Waals surface area contributed by atoms with Crippen LogP contribution in [0.15, 0.2) is 40.1 Å². The lowest BCUT2D eigenvalue weighted by molar-refractivity contribution is -0.139. The predicted octanol–water partition coefficient (Wildman–Crippen LogP) is 1.37. The number of nitrogens with zero attached hydrogens (tertiary/aromatic N) is 1. The van der Waals surface area contributed by atoms with Gasteiger partial charge < -0.3 is 14.6 Å². The van der Waals surface area contributed by atoms with Crippen LogP contribution in [0.3, 0.4) is 0 Å². The van der Waals surface area contributed by atoms with Gasteiger partial charge in [0.2, 0.25) is 0 Å². The molecule has 11 heteroatoms. The number of hydrogen-bond acceptors (Lipinski definition) is 6. The number of aromatic nitrogens is 2. The van der Waals surface area contributed by atoms with Crippen LogP contribution in [0.1, 0.15) is 34.1 Å². The number of aliphatic hydroxyl groups is 1. The van der Waals surface area contributed by atoms with Crippen LogP contribution in [0.2, 0.25) is 0 Å². The van der Waals surface area contributed by atoms with E-state index in [0.717, 1.165) is 5.56 Å². The quantitative estimate of drug-likeness (QED) is 0.732. The number of H-pyrrole nitrogens is 1. The van der Waals surface area contributed by atoms with Crippen molar-refractivity contribution in [3.8, 4) is 0 Å². The van der Waals surface area contributed by atoms with Crippen molar-refractivity contribution < 1.29 is 32.5 Å². The van der Waals surface area contributed by atoms with Crippen molar-refractivity contribution in [1.82, 2.24) is 9.55 Å². The smallest absolute Gasteiger partial charge is 0.423 e. The number of benzene rings is 1. The third-order valence-corrected chi connectivity index (χ3v) is 4.45. The van der Waals surface area contributed by atoms with E-state index in [2.05, 4.69) is 0 Å². The number of rotatable bonds is 4. The van der Waals surface area contributed by atoms with Crippen molar-refractivity contribution in [2.24, 2.45) is 0 Å². The zero-order chi connectivity index (χ0) is 21.3. The minimum atomic E-state index is -4.97. The minimum Gasteiger partial charge on any atom is -0.459 e. The Balaban J connectivity index is 1.71. The standard InChI is InChI=1S/C18H17F3N2O6/c1-9-2-4-10(5-3-9)16(26)28-8-13-12(24)6-14(29-13)23-7-11(18(19,20)21)15(25)22-17(23)27/h2-5,7,12-14,24H,6,8H2,1H3,(H,22,25,27)/t12-,13+,14+/m0/s1. The summed E-state index contributed by atoms with van der Waals surface area (Å²) in [5.74, 6) is -0.662. The van der Waals surface area contributed by atoms with Crippen LogP contribution in [0.4, 0.5) is 13.2 Å². The first-order valence-electron chi connectivity index (χ1n) is 8.56. The summed E-state index contributed by atoms with van der Waals surface area (Å²) in [6, 6.07) is 6.55. The van der Waals surface area contributed by atoms with Gasteiger partial charge in [-0.05, 0) is 19.1 Å². The van der Waals surface area contributed by atoms with E-state index in [-0.39, 0.29) is 18.6 Å². The lowest BCUT2D eigenvalue weighted by Gasteiger charge is -2.17. The molecule has 1 fully saturated rings. The SMILES string of the molecule is Cc1ccc(C(=O)OC[C@H]2O[C@@H](n3cc(C(F)(F)F)c(=O)[nH]c3=O)C[C@@H]2O)cc1. The van der Waals surface area contributed by atoms with Gasteiger partial charge in [-0.1, -0.05) is 17.7 Å². The van der Waals surface area contributed by atoms with Crippen LogP contribution in [0.25, 0.3) is 0 Å². The zero-order valence-electron chi connectivity index (χ0n) is 15.1. The monoisotopic (exact) mass is 414 g/mol. The maximum Gasteiger partial charge on any atom is 0.423 e. The number of aliphatic hydroxyl groups excluding tert-OH is 1. The minimum absolute atomic E-state index is 0.226. The predicted molar refractivity (Wildman–Crippen MR) is 92.3 cm³/mol. The number of halogens is 3. The molecule has 1 aliphatic rings. The van der Waals surface area contributed by atoms with Gasteiger partial charge in [0.1, 0.15) is 24.5 Å². The maximum absolute atomic E-state index is 12.9. The van der Waals surface area contributed by atoms with E-state index < -0.39 is 47.4 Å². The van der Waals surface area contributed by atoms with E-state index in [9.17, 15) is 32.7 Å². The highest BCUT2D eigenvalue weighted by Crippen LogP contribution is 2.30. The normalized spacial score (nSPS) is 21.9. The Labute approximate surface area is 161 Å². The first-order chi connectivity index (χ1) is 13.6. The number of alkyl halides is 3. The molecule has 1 aliphatic heterocycles. The molecule has 29 heavy (non-hydrogen) atoms. The van der Waals surface area contributed by atoms with Gasteiger partial charge in [0.05, 0.1) is 11.7 Å². The lowest BCUT2D eigenvalue weighted by Crippen LogP contribution is -2.36. The number of nitrogens with one attached hydrogen (secondary N) is 1. The van der Waals surface area contributed by atoms with Crippen LogP contribution in [0.5, 0.6) is 0 Å². The van der Waals surface area contributed by atoms with Crippen LogP contribution >= 0.6 is 0 Å². The van der Waals surface area contributed by atoms with E-state index >= 15 is 0 Å². The Bertz CT molecular complexity index is 1010. The van der Waals surface area contributed by atoms with Crippen LogP contribution in [0, 0.1) is 6.92 Å². The molecule has 2 heterocycles. The van der Waals surface area contributed by atoms with E-state index in [4.69, 9.17) is 9.47 Å². The summed E-state index contributed by atoms with van der Waals surface area (Å²) in [5.41, 5.74) is -3.02. The van der Waals surface area contributed by atoms with Gasteiger partial charge in [-0.3, -0.25) is 14.3 Å². The second-order valence-corrected chi connectivity index (χ2v) is 6.60. The van der Waals surface area contributed by atoms with Crippen molar-refractivity contribution >= 4 is 5.97 Å². The summed E-state index contributed by atoms with van der Waals surface area (Å²) in [6.07, 6.45) is -8.36. The molecule has 1 saturated heterocycles. The molecule has 0 radical (unpaired) electrons. The van der Waals surface area contributed by atoms with Crippen molar-refractivity contribution in [3.63, 3.8) is 0 Å². The van der Waals surface area contributed by atoms with Gasteiger partial charge in [-0.2, -0.15) is 13.2 Å². The Morgan fingerprint density at radius 1 is 1.31 bits per heavy atom. The molecule has 0 aliphatic carbocycles. The largest absolute Gasteiger partial charge is 0.459 e. The fraction of sp³-hybridized carbons (Fsp3) is 0.389. The van der Waals surface area contributed by atoms with Gasteiger partial charge in [-0.25, -0.2) is 9.59 Å². The summed E-state index contributed by atoms with van der Waals surface area (Å²) in [6.45, 7) is 1.48. The van der Waals surface area contributed by atoms with Crippen molar-refractivity contribution in [2.75, 3.05) is 6.61 Å². The fourth-order valence-electron chi connectivity index (χ4n) is 2.87. The maximum atomic E-state index is 12.9. The van der Waals surface area contributed by atoms with Crippen molar-refractivity contribution in [1.29, 1.82) is 0 Å². The molecule has 3 atom stereocenters. The molecular formula is C18H17F3N2O6. The number of aromatic amines is 1. The average molecular weight is 414 g/mol. The number of ether oxygens (including phenoxy) is 2. The Morgan fingerprint density at radius 3 is 2.59 bits per heavy atom. The fourth-order valence-corrected chi connectivity index (χ4v) is 2.87. The van der Waals surface area contributed by atoms with Crippen molar-refractivity contribution in [2.45, 2.75) is 38.0 Å². The first-order valence-corrected chi connectivity index (χ1v) is 8.56. The van der Waals surface area contributed by atoms with Gasteiger partial charge in [0.25, 0.3) is 5.56 Å². The Morgan fingerprint density at radius 2 is 1.97 bits per heavy atom. The zero-order valence-corrected chi connectivity index (χ0v) is 15.1. The molecular weight excluding hydrogens is 397 g/mol. The highest BCUT2D eigenvalue weighted by Gasteiger charge is 2.39. The number of carbonyl (C=O) groups is 1. The average Bonchev–Trinajstić information content (AvgIpc) is 2.99. The summed E-state index contributed by atoms with van der Waals surface area (Å²) < 4.78 is 49.8. The highest BCUT2D eigenvalue weighted by molar-refractivity contribution is 5.89. The molecule has 0 unspecified atom stereocenters. The first kappa shape index (κ1) is 20.8. The molecule has 0 bridgehead atoms. The Kier molecular flexibility index (Phi) is 5.62. The topological polar surface area (TPSA) is 111 Å². The number of esters is 1. The second kappa shape index (κ2) is 7.84.